The largest absolute Gasteiger partial charge is 0.354 e. The van der Waals surface area contributed by atoms with Crippen LogP contribution in [0, 0.1) is 5.92 Å². The smallest absolute Gasteiger partial charge is 0.256 e. The molecule has 5 heteroatoms. The number of hydrogen-bond donors (Lipinski definition) is 1. The van der Waals surface area contributed by atoms with E-state index in [9.17, 15) is 4.79 Å². The van der Waals surface area contributed by atoms with Gasteiger partial charge in [0, 0.05) is 32.0 Å². The van der Waals surface area contributed by atoms with Crippen molar-refractivity contribution in [3.63, 3.8) is 0 Å². The Morgan fingerprint density at radius 2 is 1.94 bits per heavy atom. The minimum Gasteiger partial charge on any atom is -0.354 e. The summed E-state index contributed by atoms with van der Waals surface area (Å²) < 4.78 is 0. The molecule has 0 radical (unpaired) electrons. The summed E-state index contributed by atoms with van der Waals surface area (Å²) in [6.07, 6.45) is 5.41. The monoisotopic (exact) mass is 248 g/mol. The van der Waals surface area contributed by atoms with Crippen molar-refractivity contribution < 1.29 is 4.79 Å². The number of nitrogens with zero attached hydrogens (tertiary/aromatic N) is 3. The van der Waals surface area contributed by atoms with E-state index < -0.39 is 0 Å². The highest BCUT2D eigenvalue weighted by Gasteiger charge is 2.19. The lowest BCUT2D eigenvalue weighted by atomic mass is 10.2. The fourth-order valence-electron chi connectivity index (χ4n) is 1.93. The zero-order valence-electron chi connectivity index (χ0n) is 11.0. The molecule has 1 aromatic heterocycles. The van der Waals surface area contributed by atoms with Crippen molar-refractivity contribution in [1.82, 2.24) is 14.9 Å². The predicted molar refractivity (Wildman–Crippen MR) is 70.5 cm³/mol. The van der Waals surface area contributed by atoms with E-state index >= 15 is 0 Å². The summed E-state index contributed by atoms with van der Waals surface area (Å²) in [5.74, 6) is 1.17. The second-order valence-corrected chi connectivity index (χ2v) is 5.07. The van der Waals surface area contributed by atoms with E-state index in [1.165, 1.54) is 0 Å². The van der Waals surface area contributed by atoms with Crippen LogP contribution in [0.1, 0.15) is 37.0 Å². The lowest BCUT2D eigenvalue weighted by Crippen LogP contribution is -2.27. The Balaban J connectivity index is 1.96. The van der Waals surface area contributed by atoms with Gasteiger partial charge in [0.15, 0.2) is 0 Å². The Labute approximate surface area is 108 Å². The van der Waals surface area contributed by atoms with E-state index in [1.54, 1.807) is 12.4 Å². The second-order valence-electron chi connectivity index (χ2n) is 5.07. The maximum absolute atomic E-state index is 12.0. The molecule has 1 aromatic rings. The SMILES string of the molecule is CC(C)CNc1ncc(C(=O)N2CCCC2)cn1. The fourth-order valence-corrected chi connectivity index (χ4v) is 1.93. The molecule has 2 rings (SSSR count). The minimum absolute atomic E-state index is 0.0444. The summed E-state index contributed by atoms with van der Waals surface area (Å²) >= 11 is 0. The van der Waals surface area contributed by atoms with Gasteiger partial charge in [0.05, 0.1) is 5.56 Å². The number of anilines is 1. The molecule has 1 aliphatic heterocycles. The van der Waals surface area contributed by atoms with Gasteiger partial charge >= 0.3 is 0 Å². The van der Waals surface area contributed by atoms with E-state index in [0.29, 0.717) is 17.4 Å². The highest BCUT2D eigenvalue weighted by Crippen LogP contribution is 2.12. The third-order valence-electron chi connectivity index (χ3n) is 2.96. The number of amides is 1. The molecule has 0 unspecified atom stereocenters. The summed E-state index contributed by atoms with van der Waals surface area (Å²) in [6, 6.07) is 0. The van der Waals surface area contributed by atoms with E-state index in [1.807, 2.05) is 4.90 Å². The van der Waals surface area contributed by atoms with Crippen LogP contribution in [0.15, 0.2) is 12.4 Å². The average Bonchev–Trinajstić information content (AvgIpc) is 2.90. The lowest BCUT2D eigenvalue weighted by molar-refractivity contribution is 0.0792. The highest BCUT2D eigenvalue weighted by molar-refractivity contribution is 5.93. The number of carbonyl (C=O) groups excluding carboxylic acids is 1. The topological polar surface area (TPSA) is 58.1 Å². The summed E-state index contributed by atoms with van der Waals surface area (Å²) in [6.45, 7) is 6.79. The molecule has 1 saturated heterocycles. The first-order valence-corrected chi connectivity index (χ1v) is 6.52. The van der Waals surface area contributed by atoms with Gasteiger partial charge in [0.1, 0.15) is 0 Å². The summed E-state index contributed by atoms with van der Waals surface area (Å²) in [4.78, 5) is 22.3. The Morgan fingerprint density at radius 1 is 1.33 bits per heavy atom. The van der Waals surface area contributed by atoms with Crippen LogP contribution in [-0.4, -0.2) is 40.4 Å². The molecule has 1 fully saturated rings. The van der Waals surface area contributed by atoms with Crippen molar-refractivity contribution in [2.75, 3.05) is 25.0 Å². The number of rotatable bonds is 4. The predicted octanol–water partition coefficient (Wildman–Crippen LogP) is 1.78. The van der Waals surface area contributed by atoms with Gasteiger partial charge in [-0.2, -0.15) is 0 Å². The van der Waals surface area contributed by atoms with Gasteiger partial charge in [-0.3, -0.25) is 4.79 Å². The lowest BCUT2D eigenvalue weighted by Gasteiger charge is -2.14. The van der Waals surface area contributed by atoms with Crippen molar-refractivity contribution in [2.24, 2.45) is 5.92 Å². The summed E-state index contributed by atoms with van der Waals surface area (Å²) in [5, 5.41) is 3.13. The van der Waals surface area contributed by atoms with Crippen molar-refractivity contribution in [3.05, 3.63) is 18.0 Å². The molecule has 5 nitrogen and oxygen atoms in total. The first-order chi connectivity index (χ1) is 8.66. The first kappa shape index (κ1) is 12.8. The van der Waals surface area contributed by atoms with Crippen LogP contribution < -0.4 is 5.32 Å². The van der Waals surface area contributed by atoms with Crippen LogP contribution in [0.5, 0.6) is 0 Å². The molecule has 0 atom stereocenters. The van der Waals surface area contributed by atoms with Gasteiger partial charge in [0.25, 0.3) is 5.91 Å². The molecule has 0 bridgehead atoms. The summed E-state index contributed by atoms with van der Waals surface area (Å²) in [5.41, 5.74) is 0.576. The maximum Gasteiger partial charge on any atom is 0.256 e. The third kappa shape index (κ3) is 3.18. The molecule has 0 aliphatic carbocycles. The zero-order valence-corrected chi connectivity index (χ0v) is 11.0. The van der Waals surface area contributed by atoms with Crippen LogP contribution in [0.3, 0.4) is 0 Å². The van der Waals surface area contributed by atoms with Crippen LogP contribution in [-0.2, 0) is 0 Å². The Bertz CT molecular complexity index is 396. The van der Waals surface area contributed by atoms with Gasteiger partial charge in [-0.05, 0) is 18.8 Å². The quantitative estimate of drug-likeness (QED) is 0.882. The van der Waals surface area contributed by atoms with Crippen LogP contribution >= 0.6 is 0 Å². The van der Waals surface area contributed by atoms with Crippen LogP contribution in [0.4, 0.5) is 5.95 Å². The number of carbonyl (C=O) groups is 1. The van der Waals surface area contributed by atoms with Crippen molar-refractivity contribution in [2.45, 2.75) is 26.7 Å². The molecule has 0 aromatic carbocycles. The molecule has 2 heterocycles. The van der Waals surface area contributed by atoms with Crippen molar-refractivity contribution >= 4 is 11.9 Å². The molecule has 1 N–H and O–H groups in total. The standard InChI is InChI=1S/C13H20N4O/c1-10(2)7-14-13-15-8-11(9-16-13)12(18)17-5-3-4-6-17/h8-10H,3-7H2,1-2H3,(H,14,15,16). The average molecular weight is 248 g/mol. The fraction of sp³-hybridized carbons (Fsp3) is 0.615. The van der Waals surface area contributed by atoms with E-state index in [2.05, 4.69) is 29.1 Å². The second kappa shape index (κ2) is 5.80. The molecular formula is C13H20N4O. The Kier molecular flexibility index (Phi) is 4.12. The molecule has 18 heavy (non-hydrogen) atoms. The molecule has 98 valence electrons. The first-order valence-electron chi connectivity index (χ1n) is 6.52. The van der Waals surface area contributed by atoms with Crippen molar-refractivity contribution in [3.8, 4) is 0 Å². The molecule has 0 saturated carbocycles. The van der Waals surface area contributed by atoms with Crippen molar-refractivity contribution in [1.29, 1.82) is 0 Å². The Morgan fingerprint density at radius 3 is 2.50 bits per heavy atom. The highest BCUT2D eigenvalue weighted by atomic mass is 16.2. The normalized spacial score (nSPS) is 15.2. The van der Waals surface area contributed by atoms with E-state index in [-0.39, 0.29) is 5.91 Å². The van der Waals surface area contributed by atoms with Gasteiger partial charge in [-0.1, -0.05) is 13.8 Å². The molecule has 0 spiro atoms. The van der Waals surface area contributed by atoms with Gasteiger partial charge in [0.2, 0.25) is 5.95 Å². The van der Waals surface area contributed by atoms with Crippen LogP contribution in [0.2, 0.25) is 0 Å². The number of hydrogen-bond acceptors (Lipinski definition) is 4. The number of likely N-dealkylation sites (tertiary alicyclic amines) is 1. The van der Waals surface area contributed by atoms with Gasteiger partial charge < -0.3 is 10.2 Å². The number of nitrogens with one attached hydrogen (secondary N) is 1. The number of aromatic nitrogens is 2. The maximum atomic E-state index is 12.0. The van der Waals surface area contributed by atoms with Gasteiger partial charge in [-0.25, -0.2) is 9.97 Å². The Hall–Kier alpha value is -1.65. The van der Waals surface area contributed by atoms with E-state index in [4.69, 9.17) is 0 Å². The van der Waals surface area contributed by atoms with E-state index in [0.717, 1.165) is 32.5 Å². The molecule has 1 aliphatic rings. The molecule has 1 amide bonds. The molecular weight excluding hydrogens is 228 g/mol. The third-order valence-corrected chi connectivity index (χ3v) is 2.96. The minimum atomic E-state index is 0.0444. The zero-order chi connectivity index (χ0) is 13.0. The van der Waals surface area contributed by atoms with Gasteiger partial charge in [-0.15, -0.1) is 0 Å². The summed E-state index contributed by atoms with van der Waals surface area (Å²) in [7, 11) is 0. The van der Waals surface area contributed by atoms with Crippen LogP contribution in [0.25, 0.3) is 0 Å².